The van der Waals surface area contributed by atoms with Crippen LogP contribution < -0.4 is 4.72 Å². The lowest BCUT2D eigenvalue weighted by molar-refractivity contribution is 0.589. The Kier molecular flexibility index (Phi) is 4.25. The van der Waals surface area contributed by atoms with Gasteiger partial charge in [-0.05, 0) is 23.1 Å². The van der Waals surface area contributed by atoms with Gasteiger partial charge in [0.05, 0.1) is 17.3 Å². The number of rotatable bonds is 4. The molecule has 8 nitrogen and oxygen atoms in total. The number of fused-ring (bicyclic) bond motifs is 1. The Balaban J connectivity index is 1.86. The first-order valence-electron chi connectivity index (χ1n) is 8.24. The Labute approximate surface area is 161 Å². The molecule has 0 radical (unpaired) electrons. The van der Waals surface area contributed by atoms with E-state index in [4.69, 9.17) is 0 Å². The van der Waals surface area contributed by atoms with Crippen LogP contribution in [0.15, 0.2) is 66.3 Å². The van der Waals surface area contributed by atoms with Crippen LogP contribution in [0.25, 0.3) is 21.9 Å². The molecule has 0 aliphatic heterocycles. The average Bonchev–Trinajstić information content (AvgIpc) is 3.15. The second-order valence-corrected chi connectivity index (χ2v) is 7.62. The molecule has 0 amide bonds. The lowest BCUT2D eigenvalue weighted by Crippen LogP contribution is -2.15. The zero-order valence-corrected chi connectivity index (χ0v) is 15.6. The summed E-state index contributed by atoms with van der Waals surface area (Å²) < 4.78 is 29.2. The standard InChI is InChI=1S/C19H14N6O2S/c1-25-12-22-19(23-25)28(26,27)24-18-8-9-21-11-17(18)16-7-6-13(10-20)14-4-2-3-5-15(14)16/h2-9,11-12H,1H3,(H,21,24). The molecule has 0 saturated carbocycles. The summed E-state index contributed by atoms with van der Waals surface area (Å²) in [6.45, 7) is 0. The van der Waals surface area contributed by atoms with Gasteiger partial charge >= 0.3 is 0 Å². The molecule has 4 aromatic rings. The van der Waals surface area contributed by atoms with Crippen molar-refractivity contribution in [2.24, 2.45) is 7.05 Å². The normalized spacial score (nSPS) is 11.3. The first kappa shape index (κ1) is 17.6. The van der Waals surface area contributed by atoms with Gasteiger partial charge in [-0.25, -0.2) is 4.98 Å². The van der Waals surface area contributed by atoms with Gasteiger partial charge in [0.1, 0.15) is 6.33 Å². The summed E-state index contributed by atoms with van der Waals surface area (Å²) in [5.74, 6) is 0. The van der Waals surface area contributed by atoms with E-state index in [1.807, 2.05) is 24.3 Å². The lowest BCUT2D eigenvalue weighted by atomic mass is 9.95. The molecular formula is C19H14N6O2S. The zero-order chi connectivity index (χ0) is 19.7. The predicted molar refractivity (Wildman–Crippen MR) is 104 cm³/mol. The van der Waals surface area contributed by atoms with E-state index >= 15 is 0 Å². The third-order valence-corrected chi connectivity index (χ3v) is 5.38. The fourth-order valence-corrected chi connectivity index (χ4v) is 3.94. The van der Waals surface area contributed by atoms with Crippen molar-refractivity contribution in [1.82, 2.24) is 19.7 Å². The van der Waals surface area contributed by atoms with E-state index in [0.29, 0.717) is 16.8 Å². The van der Waals surface area contributed by atoms with E-state index in [-0.39, 0.29) is 5.16 Å². The van der Waals surface area contributed by atoms with Crippen LogP contribution in [0.1, 0.15) is 5.56 Å². The van der Waals surface area contributed by atoms with E-state index in [2.05, 4.69) is 25.9 Å². The Morgan fingerprint density at radius 2 is 1.86 bits per heavy atom. The SMILES string of the molecule is Cn1cnc(S(=O)(=O)Nc2ccncc2-c2ccc(C#N)c3ccccc23)n1. The van der Waals surface area contributed by atoms with Crippen LogP contribution in [0.2, 0.25) is 0 Å². The molecule has 0 aliphatic carbocycles. The van der Waals surface area contributed by atoms with Gasteiger partial charge in [0.2, 0.25) is 0 Å². The van der Waals surface area contributed by atoms with Gasteiger partial charge in [0.15, 0.2) is 0 Å². The maximum absolute atomic E-state index is 12.6. The van der Waals surface area contributed by atoms with Crippen molar-refractivity contribution in [2.75, 3.05) is 4.72 Å². The van der Waals surface area contributed by atoms with Crippen molar-refractivity contribution >= 4 is 26.5 Å². The highest BCUT2D eigenvalue weighted by Gasteiger charge is 2.21. The molecule has 138 valence electrons. The number of anilines is 1. The topological polar surface area (TPSA) is 114 Å². The Hall–Kier alpha value is -3.77. The first-order chi connectivity index (χ1) is 13.5. The Bertz CT molecular complexity index is 1340. The molecular weight excluding hydrogens is 376 g/mol. The van der Waals surface area contributed by atoms with Gasteiger partial charge in [0.25, 0.3) is 15.2 Å². The van der Waals surface area contributed by atoms with Crippen molar-refractivity contribution in [3.8, 4) is 17.2 Å². The molecule has 2 aromatic carbocycles. The number of pyridine rings is 1. The number of nitrogens with zero attached hydrogens (tertiary/aromatic N) is 5. The summed E-state index contributed by atoms with van der Waals surface area (Å²) in [6, 6.07) is 14.7. The maximum Gasteiger partial charge on any atom is 0.299 e. The second kappa shape index (κ2) is 6.75. The predicted octanol–water partition coefficient (Wildman–Crippen LogP) is 2.70. The highest BCUT2D eigenvalue weighted by molar-refractivity contribution is 7.92. The average molecular weight is 390 g/mol. The van der Waals surface area contributed by atoms with Gasteiger partial charge in [-0.2, -0.15) is 13.7 Å². The van der Waals surface area contributed by atoms with Crippen LogP contribution in [0.3, 0.4) is 0 Å². The molecule has 9 heteroatoms. The number of hydrogen-bond donors (Lipinski definition) is 1. The van der Waals surface area contributed by atoms with Crippen molar-refractivity contribution in [1.29, 1.82) is 5.26 Å². The summed E-state index contributed by atoms with van der Waals surface area (Å²) >= 11 is 0. The number of nitrogens with one attached hydrogen (secondary N) is 1. The summed E-state index contributed by atoms with van der Waals surface area (Å²) in [5.41, 5.74) is 2.23. The molecule has 2 aromatic heterocycles. The minimum atomic E-state index is -3.96. The zero-order valence-electron chi connectivity index (χ0n) is 14.7. The molecule has 2 heterocycles. The van der Waals surface area contributed by atoms with E-state index in [0.717, 1.165) is 16.3 Å². The van der Waals surface area contributed by atoms with Crippen LogP contribution in [0.5, 0.6) is 0 Å². The number of aryl methyl sites for hydroxylation is 1. The minimum Gasteiger partial charge on any atom is -0.276 e. The third kappa shape index (κ3) is 3.06. The van der Waals surface area contributed by atoms with Gasteiger partial charge in [0, 0.05) is 30.4 Å². The molecule has 0 spiro atoms. The Morgan fingerprint density at radius 3 is 2.57 bits per heavy atom. The number of benzene rings is 2. The van der Waals surface area contributed by atoms with E-state index in [1.54, 1.807) is 31.4 Å². The summed E-state index contributed by atoms with van der Waals surface area (Å²) in [5, 5.41) is 14.5. The monoisotopic (exact) mass is 390 g/mol. The quantitative estimate of drug-likeness (QED) is 0.573. The van der Waals surface area contributed by atoms with E-state index in [9.17, 15) is 13.7 Å². The molecule has 0 unspecified atom stereocenters. The third-order valence-electron chi connectivity index (χ3n) is 4.22. The molecule has 0 aliphatic rings. The van der Waals surface area contributed by atoms with Crippen LogP contribution in [0, 0.1) is 11.3 Å². The molecule has 28 heavy (non-hydrogen) atoms. The fraction of sp³-hybridized carbons (Fsp3) is 0.0526. The molecule has 0 fully saturated rings. The van der Waals surface area contributed by atoms with Crippen LogP contribution >= 0.6 is 0 Å². The highest BCUT2D eigenvalue weighted by atomic mass is 32.2. The van der Waals surface area contributed by atoms with Crippen LogP contribution in [-0.2, 0) is 17.1 Å². The lowest BCUT2D eigenvalue weighted by Gasteiger charge is -2.13. The number of sulfonamides is 1. The van der Waals surface area contributed by atoms with E-state index < -0.39 is 10.0 Å². The van der Waals surface area contributed by atoms with Gasteiger partial charge < -0.3 is 0 Å². The van der Waals surface area contributed by atoms with Gasteiger partial charge in [-0.1, -0.05) is 30.3 Å². The van der Waals surface area contributed by atoms with Gasteiger partial charge in [-0.3, -0.25) is 14.4 Å². The highest BCUT2D eigenvalue weighted by Crippen LogP contribution is 2.35. The summed E-state index contributed by atoms with van der Waals surface area (Å²) in [6.07, 6.45) is 4.40. The summed E-state index contributed by atoms with van der Waals surface area (Å²) in [4.78, 5) is 7.95. The fourth-order valence-electron chi connectivity index (χ4n) is 2.96. The number of aromatic nitrogens is 4. The molecule has 0 bridgehead atoms. The number of hydrogen-bond acceptors (Lipinski definition) is 6. The van der Waals surface area contributed by atoms with Crippen molar-refractivity contribution < 1.29 is 8.42 Å². The molecule has 0 saturated heterocycles. The van der Waals surface area contributed by atoms with Crippen molar-refractivity contribution in [2.45, 2.75) is 5.16 Å². The Morgan fingerprint density at radius 1 is 1.07 bits per heavy atom. The van der Waals surface area contributed by atoms with Crippen molar-refractivity contribution in [3.05, 3.63) is 66.7 Å². The second-order valence-electron chi connectivity index (χ2n) is 6.05. The van der Waals surface area contributed by atoms with Gasteiger partial charge in [-0.15, -0.1) is 5.10 Å². The smallest absolute Gasteiger partial charge is 0.276 e. The van der Waals surface area contributed by atoms with Crippen molar-refractivity contribution in [3.63, 3.8) is 0 Å². The first-order valence-corrected chi connectivity index (χ1v) is 9.72. The van der Waals surface area contributed by atoms with Crippen LogP contribution in [0.4, 0.5) is 5.69 Å². The van der Waals surface area contributed by atoms with Crippen LogP contribution in [-0.4, -0.2) is 28.2 Å². The van der Waals surface area contributed by atoms with E-state index in [1.165, 1.54) is 17.2 Å². The molecule has 1 N–H and O–H groups in total. The molecule has 4 rings (SSSR count). The largest absolute Gasteiger partial charge is 0.299 e. The summed E-state index contributed by atoms with van der Waals surface area (Å²) in [7, 11) is -2.37. The minimum absolute atomic E-state index is 0.317. The maximum atomic E-state index is 12.6. The number of nitriles is 1. The molecule has 0 atom stereocenters.